The van der Waals surface area contributed by atoms with Gasteiger partial charge in [-0.2, -0.15) is 0 Å². The maximum Gasteiger partial charge on any atom is 0.224 e. The molecule has 5 nitrogen and oxygen atoms in total. The number of ether oxygens (including phenoxy) is 1. The number of carbonyl (C=O) groups is 1. The molecular weight excluding hydrogens is 376 g/mol. The predicted molar refractivity (Wildman–Crippen MR) is 122 cm³/mol. The standard InChI is InChI=1S/C25H30N2O3/c1-18-10-13-21(14-11-18)27-25(29)15-12-19(2)26-16-22(28)17-30-24-9-5-7-20-6-3-4-8-23(20)24/h3-11,13-14,19,22,26,28H,12,15-17H2,1-2H3,(H,27,29). The molecule has 0 radical (unpaired) electrons. The van der Waals surface area contributed by atoms with Gasteiger partial charge in [0.15, 0.2) is 0 Å². The van der Waals surface area contributed by atoms with Crippen molar-refractivity contribution in [2.75, 3.05) is 18.5 Å². The van der Waals surface area contributed by atoms with Gasteiger partial charge < -0.3 is 20.5 Å². The first kappa shape index (κ1) is 21.8. The van der Waals surface area contributed by atoms with Crippen LogP contribution in [-0.2, 0) is 4.79 Å². The van der Waals surface area contributed by atoms with Crippen molar-refractivity contribution < 1.29 is 14.6 Å². The molecule has 5 heteroatoms. The first-order valence-electron chi connectivity index (χ1n) is 10.4. The molecule has 0 saturated carbocycles. The van der Waals surface area contributed by atoms with Crippen molar-refractivity contribution in [1.29, 1.82) is 0 Å². The van der Waals surface area contributed by atoms with Crippen LogP contribution in [0.5, 0.6) is 5.75 Å². The summed E-state index contributed by atoms with van der Waals surface area (Å²) in [4.78, 5) is 12.1. The van der Waals surface area contributed by atoms with Gasteiger partial charge >= 0.3 is 0 Å². The number of benzene rings is 3. The molecule has 1 amide bonds. The van der Waals surface area contributed by atoms with Crippen LogP contribution >= 0.6 is 0 Å². The van der Waals surface area contributed by atoms with E-state index >= 15 is 0 Å². The number of amides is 1. The van der Waals surface area contributed by atoms with Crippen LogP contribution in [0.3, 0.4) is 0 Å². The number of fused-ring (bicyclic) bond motifs is 1. The lowest BCUT2D eigenvalue weighted by Gasteiger charge is -2.18. The van der Waals surface area contributed by atoms with Gasteiger partial charge in [-0.05, 0) is 43.9 Å². The molecule has 0 fully saturated rings. The van der Waals surface area contributed by atoms with Crippen molar-refractivity contribution in [1.82, 2.24) is 5.32 Å². The highest BCUT2D eigenvalue weighted by atomic mass is 16.5. The number of hydrogen-bond donors (Lipinski definition) is 3. The van der Waals surface area contributed by atoms with Crippen LogP contribution in [0, 0.1) is 6.92 Å². The van der Waals surface area contributed by atoms with Gasteiger partial charge in [0.05, 0.1) is 0 Å². The number of aryl methyl sites for hydroxylation is 1. The van der Waals surface area contributed by atoms with E-state index in [4.69, 9.17) is 4.74 Å². The van der Waals surface area contributed by atoms with Gasteiger partial charge in [0, 0.05) is 30.1 Å². The summed E-state index contributed by atoms with van der Waals surface area (Å²) in [5.41, 5.74) is 1.97. The van der Waals surface area contributed by atoms with Gasteiger partial charge in [-0.3, -0.25) is 4.79 Å². The number of aliphatic hydroxyl groups is 1. The van der Waals surface area contributed by atoms with Crippen molar-refractivity contribution in [2.45, 2.75) is 38.8 Å². The lowest BCUT2D eigenvalue weighted by molar-refractivity contribution is -0.116. The SMILES string of the molecule is Cc1ccc(NC(=O)CCC(C)NCC(O)COc2cccc3ccccc23)cc1. The van der Waals surface area contributed by atoms with E-state index in [1.165, 1.54) is 0 Å². The molecule has 30 heavy (non-hydrogen) atoms. The Balaban J connectivity index is 1.36. The summed E-state index contributed by atoms with van der Waals surface area (Å²) in [6.07, 6.45) is 0.479. The van der Waals surface area contributed by atoms with E-state index in [1.54, 1.807) is 0 Å². The molecule has 0 spiro atoms. The van der Waals surface area contributed by atoms with Crippen LogP contribution in [0.4, 0.5) is 5.69 Å². The summed E-state index contributed by atoms with van der Waals surface area (Å²) >= 11 is 0. The first-order valence-corrected chi connectivity index (χ1v) is 10.4. The van der Waals surface area contributed by atoms with Crippen molar-refractivity contribution in [3.63, 3.8) is 0 Å². The Morgan fingerprint density at radius 3 is 2.57 bits per heavy atom. The van der Waals surface area contributed by atoms with Crippen molar-refractivity contribution in [3.05, 3.63) is 72.3 Å². The first-order chi connectivity index (χ1) is 14.5. The molecule has 0 saturated heterocycles. The van der Waals surface area contributed by atoms with Crippen LogP contribution < -0.4 is 15.4 Å². The highest BCUT2D eigenvalue weighted by Gasteiger charge is 2.11. The quantitative estimate of drug-likeness (QED) is 0.470. The van der Waals surface area contributed by atoms with Crippen molar-refractivity contribution in [3.8, 4) is 5.75 Å². The Labute approximate surface area is 178 Å². The number of anilines is 1. The Bertz CT molecular complexity index is 951. The van der Waals surface area contributed by atoms with Gasteiger partial charge in [0.1, 0.15) is 18.5 Å². The number of nitrogens with one attached hydrogen (secondary N) is 2. The third-order valence-electron chi connectivity index (χ3n) is 5.02. The summed E-state index contributed by atoms with van der Waals surface area (Å²) in [5, 5.41) is 18.6. The van der Waals surface area contributed by atoms with Crippen LogP contribution in [-0.4, -0.2) is 36.3 Å². The van der Waals surface area contributed by atoms with Crippen LogP contribution in [0.25, 0.3) is 10.8 Å². The molecule has 3 rings (SSSR count). The maximum atomic E-state index is 12.1. The molecule has 0 bridgehead atoms. The Morgan fingerprint density at radius 2 is 1.77 bits per heavy atom. The second-order valence-corrected chi connectivity index (χ2v) is 7.70. The highest BCUT2D eigenvalue weighted by Crippen LogP contribution is 2.25. The summed E-state index contributed by atoms with van der Waals surface area (Å²) < 4.78 is 5.83. The van der Waals surface area contributed by atoms with E-state index in [0.717, 1.165) is 27.8 Å². The fourth-order valence-corrected chi connectivity index (χ4v) is 3.21. The fourth-order valence-electron chi connectivity index (χ4n) is 3.21. The molecule has 0 aromatic heterocycles. The van der Waals surface area contributed by atoms with Crippen LogP contribution in [0.15, 0.2) is 66.7 Å². The molecule has 2 unspecified atom stereocenters. The number of hydrogen-bond acceptors (Lipinski definition) is 4. The van der Waals surface area contributed by atoms with E-state index in [2.05, 4.69) is 10.6 Å². The second kappa shape index (κ2) is 10.8. The number of rotatable bonds is 10. The summed E-state index contributed by atoms with van der Waals surface area (Å²) in [5.74, 6) is 0.764. The minimum atomic E-state index is -0.632. The molecule has 2 atom stereocenters. The third-order valence-corrected chi connectivity index (χ3v) is 5.02. The number of aliphatic hydroxyl groups excluding tert-OH is 1. The molecular formula is C25H30N2O3. The Morgan fingerprint density at radius 1 is 1.03 bits per heavy atom. The maximum absolute atomic E-state index is 12.1. The zero-order valence-corrected chi connectivity index (χ0v) is 17.6. The molecule has 0 heterocycles. The molecule has 3 aromatic carbocycles. The molecule has 0 aliphatic heterocycles. The van der Waals surface area contributed by atoms with Gasteiger partial charge in [-0.25, -0.2) is 0 Å². The summed E-state index contributed by atoms with van der Waals surface area (Å²) in [6, 6.07) is 21.8. The smallest absolute Gasteiger partial charge is 0.224 e. The van der Waals surface area contributed by atoms with E-state index in [1.807, 2.05) is 80.6 Å². The molecule has 3 aromatic rings. The molecule has 0 aliphatic carbocycles. The zero-order chi connectivity index (χ0) is 21.3. The monoisotopic (exact) mass is 406 g/mol. The second-order valence-electron chi connectivity index (χ2n) is 7.70. The summed E-state index contributed by atoms with van der Waals surface area (Å²) in [6.45, 7) is 4.64. The molecule has 0 aliphatic rings. The predicted octanol–water partition coefficient (Wildman–Crippen LogP) is 4.28. The Kier molecular flexibility index (Phi) is 7.82. The molecule has 3 N–H and O–H groups in total. The average Bonchev–Trinajstić information content (AvgIpc) is 2.76. The van der Waals surface area contributed by atoms with Gasteiger partial charge in [0.25, 0.3) is 0 Å². The topological polar surface area (TPSA) is 70.6 Å². The van der Waals surface area contributed by atoms with Crippen molar-refractivity contribution in [2.24, 2.45) is 0 Å². The number of carbonyl (C=O) groups excluding carboxylic acids is 1. The van der Waals surface area contributed by atoms with Crippen LogP contribution in [0.2, 0.25) is 0 Å². The average molecular weight is 407 g/mol. The van der Waals surface area contributed by atoms with Gasteiger partial charge in [-0.1, -0.05) is 54.1 Å². The lowest BCUT2D eigenvalue weighted by atomic mass is 10.1. The minimum absolute atomic E-state index is 0.00709. The lowest BCUT2D eigenvalue weighted by Crippen LogP contribution is -2.37. The molecule has 158 valence electrons. The van der Waals surface area contributed by atoms with E-state index < -0.39 is 6.10 Å². The van der Waals surface area contributed by atoms with E-state index in [-0.39, 0.29) is 18.6 Å². The van der Waals surface area contributed by atoms with E-state index in [0.29, 0.717) is 19.4 Å². The van der Waals surface area contributed by atoms with Crippen molar-refractivity contribution >= 4 is 22.4 Å². The van der Waals surface area contributed by atoms with E-state index in [9.17, 15) is 9.90 Å². The summed E-state index contributed by atoms with van der Waals surface area (Å²) in [7, 11) is 0. The minimum Gasteiger partial charge on any atom is -0.490 e. The third kappa shape index (κ3) is 6.58. The largest absolute Gasteiger partial charge is 0.490 e. The van der Waals surface area contributed by atoms with Gasteiger partial charge in [-0.15, -0.1) is 0 Å². The van der Waals surface area contributed by atoms with Gasteiger partial charge in [0.2, 0.25) is 5.91 Å². The normalized spacial score (nSPS) is 13.0. The fraction of sp³-hybridized carbons (Fsp3) is 0.320. The zero-order valence-electron chi connectivity index (χ0n) is 17.6. The highest BCUT2D eigenvalue weighted by molar-refractivity contribution is 5.90. The van der Waals surface area contributed by atoms with Crippen LogP contribution in [0.1, 0.15) is 25.3 Å². The Hall–Kier alpha value is -2.89.